The minimum atomic E-state index is -1.38. The molecule has 5 amide bonds. The van der Waals surface area contributed by atoms with E-state index >= 15 is 0 Å². The van der Waals surface area contributed by atoms with Crippen molar-refractivity contribution in [1.29, 1.82) is 0 Å². The summed E-state index contributed by atoms with van der Waals surface area (Å²) in [6, 6.07) is -0.808. The van der Waals surface area contributed by atoms with Crippen LogP contribution in [0.25, 0.3) is 0 Å². The SMILES string of the molecule is CNC(=O)CCC1(C2C=CCC2)C(=O)NC(=O)NC1=O. The lowest BCUT2D eigenvalue weighted by Gasteiger charge is -2.37. The van der Waals surface area contributed by atoms with E-state index in [0.29, 0.717) is 6.42 Å². The smallest absolute Gasteiger partial charge is 0.328 e. The second-order valence-corrected chi connectivity index (χ2v) is 4.99. The van der Waals surface area contributed by atoms with Crippen molar-refractivity contribution in [3.05, 3.63) is 12.2 Å². The van der Waals surface area contributed by atoms with E-state index in [1.165, 1.54) is 7.05 Å². The van der Waals surface area contributed by atoms with Crippen LogP contribution in [-0.2, 0) is 14.4 Å². The molecule has 1 saturated heterocycles. The summed E-state index contributed by atoms with van der Waals surface area (Å²) >= 11 is 0. The van der Waals surface area contributed by atoms with Crippen molar-refractivity contribution in [3.63, 3.8) is 0 Å². The number of rotatable bonds is 4. The van der Waals surface area contributed by atoms with E-state index in [-0.39, 0.29) is 24.7 Å². The molecule has 0 aromatic carbocycles. The molecule has 1 fully saturated rings. The minimum absolute atomic E-state index is 0.0515. The maximum Gasteiger partial charge on any atom is 0.328 e. The number of carbonyl (C=O) groups is 4. The van der Waals surface area contributed by atoms with Gasteiger partial charge in [-0.2, -0.15) is 0 Å². The zero-order valence-corrected chi connectivity index (χ0v) is 11.2. The van der Waals surface area contributed by atoms with Gasteiger partial charge in [-0.1, -0.05) is 12.2 Å². The number of nitrogens with one attached hydrogen (secondary N) is 3. The Kier molecular flexibility index (Phi) is 3.87. The van der Waals surface area contributed by atoms with E-state index in [1.54, 1.807) is 0 Å². The summed E-state index contributed by atoms with van der Waals surface area (Å²) in [5.41, 5.74) is -1.38. The molecule has 0 aromatic heterocycles. The molecule has 2 rings (SSSR count). The van der Waals surface area contributed by atoms with Crippen LogP contribution in [0.5, 0.6) is 0 Å². The van der Waals surface area contributed by atoms with Crippen LogP contribution in [0.15, 0.2) is 12.2 Å². The van der Waals surface area contributed by atoms with Gasteiger partial charge in [0.05, 0.1) is 0 Å². The zero-order valence-electron chi connectivity index (χ0n) is 11.2. The number of barbiturate groups is 1. The van der Waals surface area contributed by atoms with Gasteiger partial charge < -0.3 is 5.32 Å². The molecule has 0 spiro atoms. The number of hydrogen-bond donors (Lipinski definition) is 3. The van der Waals surface area contributed by atoms with Crippen LogP contribution in [0.3, 0.4) is 0 Å². The Morgan fingerprint density at radius 2 is 2.00 bits per heavy atom. The Morgan fingerprint density at radius 3 is 2.50 bits per heavy atom. The summed E-state index contributed by atoms with van der Waals surface area (Å²) in [6.45, 7) is 0. The Labute approximate surface area is 116 Å². The molecule has 108 valence electrons. The summed E-state index contributed by atoms with van der Waals surface area (Å²) in [5, 5.41) is 6.75. The van der Waals surface area contributed by atoms with Gasteiger partial charge in [-0.25, -0.2) is 4.79 Å². The minimum Gasteiger partial charge on any atom is -0.359 e. The van der Waals surface area contributed by atoms with Gasteiger partial charge >= 0.3 is 6.03 Å². The number of urea groups is 1. The second kappa shape index (κ2) is 5.44. The van der Waals surface area contributed by atoms with Gasteiger partial charge in [0, 0.05) is 19.4 Å². The fourth-order valence-corrected chi connectivity index (χ4v) is 2.79. The van der Waals surface area contributed by atoms with E-state index in [4.69, 9.17) is 0 Å². The van der Waals surface area contributed by atoms with Crippen molar-refractivity contribution in [2.75, 3.05) is 7.05 Å². The van der Waals surface area contributed by atoms with Crippen molar-refractivity contribution >= 4 is 23.8 Å². The topological polar surface area (TPSA) is 104 Å². The monoisotopic (exact) mass is 279 g/mol. The second-order valence-electron chi connectivity index (χ2n) is 4.99. The largest absolute Gasteiger partial charge is 0.359 e. The maximum absolute atomic E-state index is 12.3. The van der Waals surface area contributed by atoms with Gasteiger partial charge in [-0.05, 0) is 19.3 Å². The third kappa shape index (κ3) is 2.31. The highest BCUT2D eigenvalue weighted by Crippen LogP contribution is 2.41. The van der Waals surface area contributed by atoms with Gasteiger partial charge in [0.25, 0.3) is 0 Å². The molecule has 0 bridgehead atoms. The van der Waals surface area contributed by atoms with Crippen molar-refractivity contribution in [1.82, 2.24) is 16.0 Å². The number of carbonyl (C=O) groups excluding carboxylic acids is 4. The lowest BCUT2D eigenvalue weighted by molar-refractivity contribution is -0.148. The lowest BCUT2D eigenvalue weighted by atomic mass is 9.69. The fourth-order valence-electron chi connectivity index (χ4n) is 2.79. The molecular weight excluding hydrogens is 262 g/mol. The van der Waals surface area contributed by atoms with Crippen molar-refractivity contribution in [2.24, 2.45) is 11.3 Å². The third-order valence-electron chi connectivity index (χ3n) is 3.94. The predicted molar refractivity (Wildman–Crippen MR) is 69.3 cm³/mol. The quantitative estimate of drug-likeness (QED) is 0.491. The highest BCUT2D eigenvalue weighted by atomic mass is 16.2. The highest BCUT2D eigenvalue weighted by molar-refractivity contribution is 6.19. The van der Waals surface area contributed by atoms with Gasteiger partial charge in [0.1, 0.15) is 5.41 Å². The maximum atomic E-state index is 12.3. The highest BCUT2D eigenvalue weighted by Gasteiger charge is 2.54. The molecule has 1 aliphatic heterocycles. The van der Waals surface area contributed by atoms with Crippen LogP contribution in [0.4, 0.5) is 4.79 Å². The average molecular weight is 279 g/mol. The van der Waals surface area contributed by atoms with E-state index in [2.05, 4.69) is 16.0 Å². The van der Waals surface area contributed by atoms with E-state index < -0.39 is 23.3 Å². The average Bonchev–Trinajstić information content (AvgIpc) is 2.92. The van der Waals surface area contributed by atoms with E-state index in [0.717, 1.165) is 6.42 Å². The van der Waals surface area contributed by atoms with Crippen molar-refractivity contribution < 1.29 is 19.2 Å². The van der Waals surface area contributed by atoms with E-state index in [1.807, 2.05) is 12.2 Å². The molecule has 0 aromatic rings. The van der Waals surface area contributed by atoms with Gasteiger partial charge in [0.15, 0.2) is 0 Å². The number of imide groups is 2. The Balaban J connectivity index is 2.30. The Morgan fingerprint density at radius 1 is 1.35 bits per heavy atom. The normalized spacial score (nSPS) is 24.2. The molecule has 7 nitrogen and oxygen atoms in total. The molecule has 0 saturated carbocycles. The third-order valence-corrected chi connectivity index (χ3v) is 3.94. The molecule has 1 unspecified atom stereocenters. The number of amides is 5. The van der Waals surface area contributed by atoms with Crippen LogP contribution in [0.2, 0.25) is 0 Å². The number of allylic oxidation sites excluding steroid dienone is 2. The first-order chi connectivity index (χ1) is 9.50. The Bertz CT molecular complexity index is 478. The summed E-state index contributed by atoms with van der Waals surface area (Å²) in [6.07, 6.45) is 5.29. The van der Waals surface area contributed by atoms with Crippen LogP contribution in [-0.4, -0.2) is 30.8 Å². The molecule has 7 heteroatoms. The predicted octanol–water partition coefficient (Wildman–Crippen LogP) is -0.169. The van der Waals surface area contributed by atoms with E-state index in [9.17, 15) is 19.2 Å². The summed E-state index contributed by atoms with van der Waals surface area (Å²) < 4.78 is 0. The molecule has 20 heavy (non-hydrogen) atoms. The number of hydrogen-bond acceptors (Lipinski definition) is 4. The first kappa shape index (κ1) is 14.2. The standard InChI is InChI=1S/C13H17N3O4/c1-14-9(17)6-7-13(8-4-2-3-5-8)10(18)15-12(20)16-11(13)19/h2,4,8H,3,5-7H2,1H3,(H,14,17)(H2,15,16,18,19,20). The summed E-state index contributed by atoms with van der Waals surface area (Å²) in [7, 11) is 1.50. The van der Waals surface area contributed by atoms with Gasteiger partial charge in [-0.15, -0.1) is 0 Å². The molecule has 2 aliphatic rings. The van der Waals surface area contributed by atoms with Crippen LogP contribution in [0.1, 0.15) is 25.7 Å². The summed E-state index contributed by atoms with van der Waals surface area (Å²) in [4.78, 5) is 47.2. The van der Waals surface area contributed by atoms with Crippen LogP contribution in [0, 0.1) is 11.3 Å². The summed E-state index contributed by atoms with van der Waals surface area (Å²) in [5.74, 6) is -1.78. The van der Waals surface area contributed by atoms with Crippen molar-refractivity contribution in [2.45, 2.75) is 25.7 Å². The first-order valence-corrected chi connectivity index (χ1v) is 6.55. The Hall–Kier alpha value is -2.18. The first-order valence-electron chi connectivity index (χ1n) is 6.55. The molecule has 1 atom stereocenters. The van der Waals surface area contributed by atoms with Crippen LogP contribution < -0.4 is 16.0 Å². The molecule has 1 heterocycles. The van der Waals surface area contributed by atoms with Crippen LogP contribution >= 0.6 is 0 Å². The molecular formula is C13H17N3O4. The van der Waals surface area contributed by atoms with Gasteiger partial charge in [-0.3, -0.25) is 25.0 Å². The van der Waals surface area contributed by atoms with Gasteiger partial charge in [0.2, 0.25) is 17.7 Å². The van der Waals surface area contributed by atoms with Crippen molar-refractivity contribution in [3.8, 4) is 0 Å². The fraction of sp³-hybridized carbons (Fsp3) is 0.538. The zero-order chi connectivity index (χ0) is 14.8. The molecule has 1 aliphatic carbocycles. The molecule has 3 N–H and O–H groups in total. The lowest BCUT2D eigenvalue weighted by Crippen LogP contribution is -2.64. The molecule has 0 radical (unpaired) electrons.